The summed E-state index contributed by atoms with van der Waals surface area (Å²) in [5.74, 6) is -0.147. The number of hydrogen-bond donors (Lipinski definition) is 2. The summed E-state index contributed by atoms with van der Waals surface area (Å²) in [5, 5.41) is 2.79. The third-order valence-electron chi connectivity index (χ3n) is 2.06. The highest BCUT2D eigenvalue weighted by molar-refractivity contribution is 5.87. The van der Waals surface area contributed by atoms with Crippen LogP contribution in [-0.2, 0) is 4.79 Å². The Hall–Kier alpha value is -0.870. The van der Waals surface area contributed by atoms with Gasteiger partial charge in [0.1, 0.15) is 0 Å². The number of amides is 1. The molecule has 4 nitrogen and oxygen atoms in total. The molecule has 3 N–H and O–H groups in total. The number of rotatable bonds is 2. The molecule has 1 aliphatic rings. The van der Waals surface area contributed by atoms with E-state index in [-0.39, 0.29) is 18.0 Å². The maximum absolute atomic E-state index is 10.9. The highest BCUT2D eigenvalue weighted by Crippen LogP contribution is 2.04. The molecule has 1 fully saturated rings. The van der Waals surface area contributed by atoms with Crippen LogP contribution in [0, 0.1) is 0 Å². The maximum Gasteiger partial charge on any atom is 0.243 e. The molecule has 0 bridgehead atoms. The van der Waals surface area contributed by atoms with Crippen molar-refractivity contribution in [2.75, 3.05) is 20.1 Å². The van der Waals surface area contributed by atoms with Gasteiger partial charge in [-0.05, 0) is 13.1 Å². The molecule has 2 atom stereocenters. The molecule has 4 heteroatoms. The molecule has 0 spiro atoms. The molecule has 68 valence electrons. The van der Waals surface area contributed by atoms with Gasteiger partial charge in [-0.2, -0.15) is 0 Å². The molecule has 12 heavy (non-hydrogen) atoms. The van der Waals surface area contributed by atoms with Crippen LogP contribution in [0.2, 0.25) is 0 Å². The van der Waals surface area contributed by atoms with E-state index in [9.17, 15) is 4.79 Å². The summed E-state index contributed by atoms with van der Waals surface area (Å²) in [6.45, 7) is 5.04. The zero-order valence-corrected chi connectivity index (χ0v) is 7.29. The fourth-order valence-electron chi connectivity index (χ4n) is 1.43. The van der Waals surface area contributed by atoms with Crippen LogP contribution in [0.3, 0.4) is 0 Å². The van der Waals surface area contributed by atoms with Crippen molar-refractivity contribution in [3.8, 4) is 0 Å². The lowest BCUT2D eigenvalue weighted by Gasteiger charge is -2.14. The van der Waals surface area contributed by atoms with Crippen LogP contribution in [0.25, 0.3) is 0 Å². The van der Waals surface area contributed by atoms with Crippen LogP contribution in [0.15, 0.2) is 12.7 Å². The van der Waals surface area contributed by atoms with E-state index in [4.69, 9.17) is 5.73 Å². The molecule has 1 saturated heterocycles. The molecule has 0 saturated carbocycles. The maximum atomic E-state index is 10.9. The quantitative estimate of drug-likeness (QED) is 0.517. The predicted octanol–water partition coefficient (Wildman–Crippen LogP) is -1.07. The van der Waals surface area contributed by atoms with Gasteiger partial charge in [0.05, 0.1) is 6.04 Å². The number of likely N-dealkylation sites (tertiary alicyclic amines) is 1. The molecule has 0 aromatic heterocycles. The van der Waals surface area contributed by atoms with Gasteiger partial charge in [0.15, 0.2) is 0 Å². The van der Waals surface area contributed by atoms with Crippen LogP contribution >= 0.6 is 0 Å². The van der Waals surface area contributed by atoms with Crippen molar-refractivity contribution in [2.24, 2.45) is 5.73 Å². The molecule has 0 aromatic carbocycles. The van der Waals surface area contributed by atoms with E-state index in [0.717, 1.165) is 13.1 Å². The summed E-state index contributed by atoms with van der Waals surface area (Å²) >= 11 is 0. The Labute approximate surface area is 72.4 Å². The summed E-state index contributed by atoms with van der Waals surface area (Å²) in [4.78, 5) is 13.0. The van der Waals surface area contributed by atoms with Gasteiger partial charge >= 0.3 is 0 Å². The van der Waals surface area contributed by atoms with Gasteiger partial charge in [-0.1, -0.05) is 6.58 Å². The number of nitrogens with two attached hydrogens (primary N) is 1. The normalized spacial score (nSPS) is 30.2. The summed E-state index contributed by atoms with van der Waals surface area (Å²) in [7, 11) is 1.99. The fraction of sp³-hybridized carbons (Fsp3) is 0.625. The van der Waals surface area contributed by atoms with Gasteiger partial charge in [-0.25, -0.2) is 0 Å². The second-order valence-corrected chi connectivity index (χ2v) is 3.20. The Balaban J connectivity index is 2.42. The summed E-state index contributed by atoms with van der Waals surface area (Å²) in [5.41, 5.74) is 5.78. The Kier molecular flexibility index (Phi) is 2.83. The number of nitrogens with one attached hydrogen (secondary N) is 1. The van der Waals surface area contributed by atoms with Crippen LogP contribution in [0.5, 0.6) is 0 Å². The van der Waals surface area contributed by atoms with E-state index in [2.05, 4.69) is 16.8 Å². The third kappa shape index (κ3) is 2.06. The molecule has 0 radical (unpaired) electrons. The van der Waals surface area contributed by atoms with Crippen molar-refractivity contribution in [1.82, 2.24) is 10.2 Å². The average molecular weight is 169 g/mol. The summed E-state index contributed by atoms with van der Waals surface area (Å²) in [6, 6.07) is 0.111. The number of likely N-dealkylation sites (N-methyl/N-ethyl adjacent to an activating group) is 1. The molecule has 0 unspecified atom stereocenters. The molecule has 1 heterocycles. The SMILES string of the molecule is C=CC(=O)N[C@@H]1CN(C)C[C@H]1N. The highest BCUT2D eigenvalue weighted by atomic mass is 16.1. The van der Waals surface area contributed by atoms with E-state index in [1.807, 2.05) is 7.05 Å². The van der Waals surface area contributed by atoms with E-state index < -0.39 is 0 Å². The van der Waals surface area contributed by atoms with Crippen molar-refractivity contribution in [2.45, 2.75) is 12.1 Å². The fourth-order valence-corrected chi connectivity index (χ4v) is 1.43. The summed E-state index contributed by atoms with van der Waals surface area (Å²) in [6.07, 6.45) is 1.27. The van der Waals surface area contributed by atoms with Gasteiger partial charge in [0.2, 0.25) is 5.91 Å². The van der Waals surface area contributed by atoms with E-state index >= 15 is 0 Å². The first-order chi connectivity index (χ1) is 5.63. The van der Waals surface area contributed by atoms with Gasteiger partial charge in [0, 0.05) is 19.1 Å². The topological polar surface area (TPSA) is 58.4 Å². The first-order valence-electron chi connectivity index (χ1n) is 4.00. The first kappa shape index (κ1) is 9.22. The van der Waals surface area contributed by atoms with Crippen molar-refractivity contribution in [1.29, 1.82) is 0 Å². The molecule has 1 rings (SSSR count). The molecular weight excluding hydrogens is 154 g/mol. The third-order valence-corrected chi connectivity index (χ3v) is 2.06. The van der Waals surface area contributed by atoms with Gasteiger partial charge in [0.25, 0.3) is 0 Å². The lowest BCUT2D eigenvalue weighted by Crippen LogP contribution is -2.46. The number of carbonyl (C=O) groups is 1. The van der Waals surface area contributed by atoms with Crippen LogP contribution in [0.4, 0.5) is 0 Å². The van der Waals surface area contributed by atoms with Crippen molar-refractivity contribution >= 4 is 5.91 Å². The Bertz CT molecular complexity index is 193. The van der Waals surface area contributed by atoms with E-state index in [0.29, 0.717) is 0 Å². The average Bonchev–Trinajstić information content (AvgIpc) is 2.30. The standard InChI is InChI=1S/C8H15N3O/c1-3-8(12)10-7-5-11(2)4-6(7)9/h3,6-7H,1,4-5,9H2,2H3,(H,10,12)/t6-,7-/m1/s1. The Morgan fingerprint density at radius 2 is 2.42 bits per heavy atom. The zero-order chi connectivity index (χ0) is 9.14. The van der Waals surface area contributed by atoms with Crippen LogP contribution < -0.4 is 11.1 Å². The van der Waals surface area contributed by atoms with Crippen LogP contribution in [0.1, 0.15) is 0 Å². The van der Waals surface area contributed by atoms with Crippen molar-refractivity contribution < 1.29 is 4.79 Å². The molecular formula is C8H15N3O. The van der Waals surface area contributed by atoms with Crippen molar-refractivity contribution in [3.63, 3.8) is 0 Å². The van der Waals surface area contributed by atoms with E-state index in [1.165, 1.54) is 6.08 Å². The Morgan fingerprint density at radius 3 is 2.83 bits per heavy atom. The second kappa shape index (κ2) is 3.69. The Morgan fingerprint density at radius 1 is 1.75 bits per heavy atom. The molecule has 1 aliphatic heterocycles. The first-order valence-corrected chi connectivity index (χ1v) is 4.00. The van der Waals surface area contributed by atoms with E-state index in [1.54, 1.807) is 0 Å². The zero-order valence-electron chi connectivity index (χ0n) is 7.29. The van der Waals surface area contributed by atoms with Gasteiger partial charge in [-0.3, -0.25) is 4.79 Å². The number of carbonyl (C=O) groups excluding carboxylic acids is 1. The predicted molar refractivity (Wildman–Crippen MR) is 47.6 cm³/mol. The summed E-state index contributed by atoms with van der Waals surface area (Å²) < 4.78 is 0. The monoisotopic (exact) mass is 169 g/mol. The van der Waals surface area contributed by atoms with Crippen molar-refractivity contribution in [3.05, 3.63) is 12.7 Å². The minimum Gasteiger partial charge on any atom is -0.347 e. The lowest BCUT2D eigenvalue weighted by molar-refractivity contribution is -0.117. The van der Waals surface area contributed by atoms with Gasteiger partial charge < -0.3 is 16.0 Å². The smallest absolute Gasteiger partial charge is 0.243 e. The second-order valence-electron chi connectivity index (χ2n) is 3.20. The number of hydrogen-bond acceptors (Lipinski definition) is 3. The lowest BCUT2D eigenvalue weighted by atomic mass is 10.2. The minimum atomic E-state index is -0.147. The van der Waals surface area contributed by atoms with Gasteiger partial charge in [-0.15, -0.1) is 0 Å². The van der Waals surface area contributed by atoms with Crippen LogP contribution in [-0.4, -0.2) is 43.0 Å². The molecule has 1 amide bonds. The number of nitrogens with zero attached hydrogens (tertiary/aromatic N) is 1. The molecule has 0 aliphatic carbocycles. The minimum absolute atomic E-state index is 0.0406. The highest BCUT2D eigenvalue weighted by Gasteiger charge is 2.28. The largest absolute Gasteiger partial charge is 0.347 e. The molecule has 0 aromatic rings.